The maximum absolute atomic E-state index is 13.8. The predicted molar refractivity (Wildman–Crippen MR) is 83.3 cm³/mol. The Labute approximate surface area is 127 Å². The Morgan fingerprint density at radius 3 is 2.67 bits per heavy atom. The largest absolute Gasteiger partial charge is 0.395 e. The smallest absolute Gasteiger partial charge is 0.138 e. The molecule has 2 rings (SSSR count). The molecule has 0 radical (unpaired) electrons. The van der Waals surface area contributed by atoms with Gasteiger partial charge in [0.2, 0.25) is 0 Å². The summed E-state index contributed by atoms with van der Waals surface area (Å²) in [6.07, 6.45) is 4.13. The Balaban J connectivity index is 2.13. The van der Waals surface area contributed by atoms with Crippen molar-refractivity contribution in [2.45, 2.75) is 58.2 Å². The molecule has 1 saturated heterocycles. The van der Waals surface area contributed by atoms with Gasteiger partial charge in [-0.05, 0) is 44.4 Å². The van der Waals surface area contributed by atoms with Crippen molar-refractivity contribution in [3.05, 3.63) is 35.1 Å². The van der Waals surface area contributed by atoms with Gasteiger partial charge in [-0.3, -0.25) is 4.90 Å². The summed E-state index contributed by atoms with van der Waals surface area (Å²) in [6.45, 7) is 5.39. The summed E-state index contributed by atoms with van der Waals surface area (Å²) >= 11 is 0. The summed E-state index contributed by atoms with van der Waals surface area (Å²) in [5.74, 6) is 5.31. The van der Waals surface area contributed by atoms with Crippen LogP contribution in [0.2, 0.25) is 0 Å². The van der Waals surface area contributed by atoms with E-state index in [1.54, 1.807) is 0 Å². The normalized spacial score (nSPS) is 22.7. The van der Waals surface area contributed by atoms with Crippen LogP contribution in [-0.4, -0.2) is 28.7 Å². The number of aliphatic hydroxyl groups is 1. The lowest BCUT2D eigenvalue weighted by atomic mass is 9.96. The fraction of sp³-hybridized carbons (Fsp3) is 0.556. The van der Waals surface area contributed by atoms with Gasteiger partial charge in [-0.2, -0.15) is 0 Å². The number of hydrogen-bond acceptors (Lipinski definition) is 2. The maximum atomic E-state index is 13.8. The van der Waals surface area contributed by atoms with E-state index in [2.05, 4.69) is 30.6 Å². The molecule has 1 aliphatic heterocycles. The number of piperidine rings is 1. The van der Waals surface area contributed by atoms with Crippen molar-refractivity contribution in [2.75, 3.05) is 6.61 Å². The second-order valence-corrected chi connectivity index (χ2v) is 5.89. The van der Waals surface area contributed by atoms with E-state index in [1.807, 2.05) is 12.1 Å². The third-order valence-corrected chi connectivity index (χ3v) is 4.23. The molecule has 2 atom stereocenters. The summed E-state index contributed by atoms with van der Waals surface area (Å²) in [5.41, 5.74) is 1.53. The molecule has 0 bridgehead atoms. The molecule has 1 heterocycles. The highest BCUT2D eigenvalue weighted by Gasteiger charge is 2.24. The van der Waals surface area contributed by atoms with Gasteiger partial charge in [0.25, 0.3) is 0 Å². The van der Waals surface area contributed by atoms with Gasteiger partial charge in [0, 0.05) is 25.0 Å². The Bertz CT molecular complexity index is 522. The monoisotopic (exact) mass is 289 g/mol. The van der Waals surface area contributed by atoms with Crippen molar-refractivity contribution < 1.29 is 9.50 Å². The molecule has 1 N–H and O–H groups in total. The third-order valence-electron chi connectivity index (χ3n) is 4.23. The number of halogens is 1. The van der Waals surface area contributed by atoms with Crippen molar-refractivity contribution in [1.29, 1.82) is 0 Å². The topological polar surface area (TPSA) is 23.5 Å². The van der Waals surface area contributed by atoms with Crippen molar-refractivity contribution in [2.24, 2.45) is 0 Å². The van der Waals surface area contributed by atoms with Gasteiger partial charge < -0.3 is 5.11 Å². The van der Waals surface area contributed by atoms with E-state index in [0.29, 0.717) is 24.1 Å². The first-order valence-corrected chi connectivity index (χ1v) is 7.75. The van der Waals surface area contributed by atoms with Crippen molar-refractivity contribution in [3.8, 4) is 11.8 Å². The zero-order valence-electron chi connectivity index (χ0n) is 12.9. The quantitative estimate of drug-likeness (QED) is 0.863. The van der Waals surface area contributed by atoms with E-state index in [9.17, 15) is 4.39 Å². The van der Waals surface area contributed by atoms with Crippen LogP contribution in [-0.2, 0) is 6.54 Å². The molecule has 0 aliphatic carbocycles. The average Bonchev–Trinajstić information content (AvgIpc) is 2.46. The summed E-state index contributed by atoms with van der Waals surface area (Å²) in [5, 5.41) is 8.74. The minimum Gasteiger partial charge on any atom is -0.395 e. The van der Waals surface area contributed by atoms with Crippen LogP contribution in [0.5, 0.6) is 0 Å². The molecule has 1 aromatic rings. The molecule has 114 valence electrons. The van der Waals surface area contributed by atoms with Crippen LogP contribution in [0.3, 0.4) is 0 Å². The number of nitrogens with zero attached hydrogens (tertiary/aromatic N) is 1. The second kappa shape index (κ2) is 7.59. The molecule has 0 unspecified atom stereocenters. The van der Waals surface area contributed by atoms with Gasteiger partial charge >= 0.3 is 0 Å². The average molecular weight is 289 g/mol. The summed E-state index contributed by atoms with van der Waals surface area (Å²) in [7, 11) is 0. The van der Waals surface area contributed by atoms with Gasteiger partial charge in [0.1, 0.15) is 5.82 Å². The third kappa shape index (κ3) is 4.30. The number of benzene rings is 1. The first-order chi connectivity index (χ1) is 10.1. The molecule has 0 spiro atoms. The maximum Gasteiger partial charge on any atom is 0.138 e. The zero-order chi connectivity index (χ0) is 15.2. The van der Waals surface area contributed by atoms with Crippen molar-refractivity contribution in [3.63, 3.8) is 0 Å². The molecule has 0 aromatic heterocycles. The SMILES string of the molecule is C[C@@H]1CCC[C@H](C)N1Cc1ccc(F)c(C#CCCO)c1. The Morgan fingerprint density at radius 1 is 1.29 bits per heavy atom. The van der Waals surface area contributed by atoms with E-state index in [1.165, 1.54) is 25.3 Å². The lowest BCUT2D eigenvalue weighted by Crippen LogP contribution is -2.42. The van der Waals surface area contributed by atoms with E-state index in [4.69, 9.17) is 5.11 Å². The molecular formula is C18H24FNO. The molecule has 1 aliphatic rings. The van der Waals surface area contributed by atoms with Gasteiger partial charge in [0.15, 0.2) is 0 Å². The van der Waals surface area contributed by atoms with Crippen molar-refractivity contribution >= 4 is 0 Å². The summed E-state index contributed by atoms with van der Waals surface area (Å²) < 4.78 is 13.8. The lowest BCUT2D eigenvalue weighted by Gasteiger charge is -2.39. The molecule has 0 amide bonds. The summed E-state index contributed by atoms with van der Waals surface area (Å²) in [6, 6.07) is 6.33. The first kappa shape index (κ1) is 16.0. The molecule has 3 heteroatoms. The van der Waals surface area contributed by atoms with Crippen LogP contribution in [0.4, 0.5) is 4.39 Å². The van der Waals surface area contributed by atoms with E-state index in [-0.39, 0.29) is 12.4 Å². The van der Waals surface area contributed by atoms with E-state index < -0.39 is 0 Å². The fourth-order valence-electron chi connectivity index (χ4n) is 2.98. The zero-order valence-corrected chi connectivity index (χ0v) is 12.9. The highest BCUT2D eigenvalue weighted by molar-refractivity contribution is 5.38. The van der Waals surface area contributed by atoms with E-state index >= 15 is 0 Å². The van der Waals surface area contributed by atoms with Gasteiger partial charge in [-0.15, -0.1) is 0 Å². The number of rotatable bonds is 3. The van der Waals surface area contributed by atoms with Gasteiger partial charge in [-0.25, -0.2) is 4.39 Å². The van der Waals surface area contributed by atoms with Crippen LogP contribution >= 0.6 is 0 Å². The number of hydrogen-bond donors (Lipinski definition) is 1. The van der Waals surface area contributed by atoms with Gasteiger partial charge in [0.05, 0.1) is 12.2 Å². The van der Waals surface area contributed by atoms with Crippen LogP contribution in [0, 0.1) is 17.7 Å². The molecule has 2 nitrogen and oxygen atoms in total. The molecule has 1 fully saturated rings. The predicted octanol–water partition coefficient (Wildman–Crippen LogP) is 3.32. The fourth-order valence-corrected chi connectivity index (χ4v) is 2.98. The second-order valence-electron chi connectivity index (χ2n) is 5.89. The van der Waals surface area contributed by atoms with Crippen LogP contribution in [0.25, 0.3) is 0 Å². The van der Waals surface area contributed by atoms with Crippen molar-refractivity contribution in [1.82, 2.24) is 4.90 Å². The van der Waals surface area contributed by atoms with Gasteiger partial charge in [-0.1, -0.05) is 24.3 Å². The first-order valence-electron chi connectivity index (χ1n) is 7.75. The Hall–Kier alpha value is -1.37. The van der Waals surface area contributed by atoms with Crippen LogP contribution in [0.1, 0.15) is 50.7 Å². The molecule has 1 aromatic carbocycles. The minimum atomic E-state index is -0.288. The van der Waals surface area contributed by atoms with Crippen LogP contribution < -0.4 is 0 Å². The summed E-state index contributed by atoms with van der Waals surface area (Å²) in [4.78, 5) is 2.49. The number of likely N-dealkylation sites (tertiary alicyclic amines) is 1. The molecule has 0 saturated carbocycles. The van der Waals surface area contributed by atoms with E-state index in [0.717, 1.165) is 12.1 Å². The highest BCUT2D eigenvalue weighted by Crippen LogP contribution is 2.25. The van der Waals surface area contributed by atoms with Crippen LogP contribution in [0.15, 0.2) is 18.2 Å². The molecular weight excluding hydrogens is 265 g/mol. The Kier molecular flexibility index (Phi) is 5.78. The number of aliphatic hydroxyl groups excluding tert-OH is 1. The lowest BCUT2D eigenvalue weighted by molar-refractivity contribution is 0.0952. The highest BCUT2D eigenvalue weighted by atomic mass is 19.1. The standard InChI is InChI=1S/C18H24FNO/c1-14-6-5-7-15(2)20(14)13-16-9-10-18(19)17(12-16)8-3-4-11-21/h9-10,12,14-15,21H,4-7,11,13H2,1-2H3/t14-,15+. The molecule has 21 heavy (non-hydrogen) atoms. The minimum absolute atomic E-state index is 0.0110. The Morgan fingerprint density at radius 2 is 2.00 bits per heavy atom.